The number of Topliss-reactive ketones (excluding diaryl/α,β-unsaturated/α-hetero) is 2. The van der Waals surface area contributed by atoms with Crippen LogP contribution in [-0.4, -0.2) is 259 Å². The topological polar surface area (TPSA) is 689 Å². The molecule has 1 aromatic carbocycles. The summed E-state index contributed by atoms with van der Waals surface area (Å²) in [7, 11) is -1.77. The van der Waals surface area contributed by atoms with Crippen LogP contribution in [0.15, 0.2) is 53.5 Å². The first-order valence-electron chi connectivity index (χ1n) is 38.5. The Morgan fingerprint density at radius 1 is 0.724 bits per heavy atom. The van der Waals surface area contributed by atoms with Crippen molar-refractivity contribution < 1.29 is 120 Å². The Morgan fingerprint density at radius 3 is 2.04 bits per heavy atom. The standard InChI is InChI=1S/C76H92N18O26S3/c1-8-38-30(2)41-23-46-55(34(6)96)32(4)43(83-46)21-42-31(3)39(59(86-42)57-58(73(112)118-7)64(102)56-33(5)44(87-60(56)57)22-45(38)82-41)13-15-51(97)85-48(25-54(100)90-61-65(103)63(101)50(28-95)120-74(61)113)69(106)93-94-76(114)119-18-19-121-122-29-49(72(110)111)89-68(105)47(24-53(99)78-17-20-123(115,116)117)84-52(98)16-14-40(71(108)109)88-67(104)35-9-11-36(12-10-35)79-26-37-27-80-66-62(81-37)70(107)92-75(77)91-66/h9-12,21-23,27,30-31,38-40,47-50,58,61,63,65,74,79,83,87,95,101,103,113H,8,13-20,24-26,28-29H2,1-7H3,(H,78,99)(H,84,98)(H,85,97)(H,88,104)(H,89,105)(H,90,100)(H,93,106)(H,94,114)(H,108,109)(H,110,111)(H,115,116,117)(H3,77,80,91,92,107)/t30-,31+,38-,39+,40+,47+,48?,49+,50?,58?,61?,63?,65?,74?/m1/s1. The normalized spacial score (nSPS) is 20.0. The molecule has 14 atom stereocenters. The second-order valence-corrected chi connectivity index (χ2v) is 33.6. The molecule has 0 saturated carbocycles. The van der Waals surface area contributed by atoms with Gasteiger partial charge in [-0.3, -0.25) is 77.7 Å². The minimum absolute atomic E-state index is 0.0170. The molecule has 8 amide bonds. The molecule has 0 radical (unpaired) electrons. The number of aliphatic carboxylic acids is 2. The molecule has 3 aliphatic heterocycles. The Morgan fingerprint density at radius 2 is 1.37 bits per heavy atom. The van der Waals surface area contributed by atoms with E-state index in [1.165, 1.54) is 37.4 Å². The van der Waals surface area contributed by atoms with E-state index in [9.17, 15) is 111 Å². The molecule has 8 heterocycles. The lowest BCUT2D eigenvalue weighted by Gasteiger charge is -2.40. The number of H-pyrrole nitrogens is 3. The highest BCUT2D eigenvalue weighted by atomic mass is 33.1. The molecule has 44 nitrogen and oxygen atoms in total. The van der Waals surface area contributed by atoms with Crippen LogP contribution >= 0.6 is 21.6 Å². The van der Waals surface area contributed by atoms with Gasteiger partial charge in [-0.2, -0.15) is 13.4 Å². The number of hydrazine groups is 1. The zero-order valence-electron chi connectivity index (χ0n) is 67.0. The van der Waals surface area contributed by atoms with Crippen molar-refractivity contribution in [1.82, 2.24) is 82.6 Å². The molecule has 123 heavy (non-hydrogen) atoms. The van der Waals surface area contributed by atoms with Gasteiger partial charge in [0.2, 0.25) is 35.5 Å². The number of nitrogens with two attached hydrogens (primary N) is 1. The third-order valence-corrected chi connectivity index (χ3v) is 24.2. The number of nitrogen functional groups attached to an aromatic ring is 1. The fourth-order valence-electron chi connectivity index (χ4n) is 14.6. The average molecular weight is 1770 g/mol. The maximum Gasteiger partial charge on any atom is 0.426 e. The summed E-state index contributed by atoms with van der Waals surface area (Å²) in [6.07, 6.45) is -10.4. The van der Waals surface area contributed by atoms with Gasteiger partial charge in [0, 0.05) is 111 Å². The number of carboxylic acid groups (broad SMARTS) is 2. The number of amides is 8. The highest BCUT2D eigenvalue weighted by molar-refractivity contribution is 8.76. The molecule has 1 saturated heterocycles. The van der Waals surface area contributed by atoms with Crippen molar-refractivity contribution in [2.75, 3.05) is 55.2 Å². The first-order valence-corrected chi connectivity index (χ1v) is 42.6. The molecule has 21 N–H and O–H groups in total. The first-order chi connectivity index (χ1) is 58.3. The van der Waals surface area contributed by atoms with Crippen molar-refractivity contribution in [3.8, 4) is 0 Å². The van der Waals surface area contributed by atoms with Crippen LogP contribution < -0.4 is 59.4 Å². The quantitative estimate of drug-likeness (QED) is 0.00461. The molecule has 10 rings (SSSR count). The van der Waals surface area contributed by atoms with Crippen LogP contribution in [0.1, 0.15) is 178 Å². The van der Waals surface area contributed by atoms with E-state index in [0.717, 1.165) is 28.7 Å². The number of aryl methyl sites for hydroxylation is 2. The van der Waals surface area contributed by atoms with E-state index in [1.54, 1.807) is 26.8 Å². The summed E-state index contributed by atoms with van der Waals surface area (Å²) in [5, 5.41) is 78.5. The molecular formula is C76H92N18O26S3. The van der Waals surface area contributed by atoms with Gasteiger partial charge in [-0.15, -0.1) is 0 Å². The average Bonchev–Trinajstić information content (AvgIpc) is 1.56. The fraction of sp³-hybridized carbons (Fsp3) is 0.461. The highest BCUT2D eigenvalue weighted by Crippen LogP contribution is 2.49. The number of ether oxygens (including phenoxy) is 3. The number of aromatic amines is 3. The van der Waals surface area contributed by atoms with E-state index in [4.69, 9.17) is 29.9 Å². The number of carboxylic acids is 2. The lowest BCUT2D eigenvalue weighted by atomic mass is 9.83. The predicted molar refractivity (Wildman–Crippen MR) is 437 cm³/mol. The summed E-state index contributed by atoms with van der Waals surface area (Å²) in [5.74, 6) is -17.3. The van der Waals surface area contributed by atoms with E-state index in [0.29, 0.717) is 68.1 Å². The molecule has 1 aliphatic carbocycles. The predicted octanol–water partition coefficient (Wildman–Crippen LogP) is -0.186. The largest absolute Gasteiger partial charge is 0.480 e. The number of aromatic nitrogens is 8. The molecule has 6 aromatic rings. The van der Waals surface area contributed by atoms with Gasteiger partial charge < -0.3 is 97.8 Å². The number of ketones is 2. The number of carbonyl (C=O) groups excluding carboxylic acids is 11. The number of benzene rings is 1. The van der Waals surface area contributed by atoms with E-state index >= 15 is 0 Å². The van der Waals surface area contributed by atoms with Gasteiger partial charge in [0.05, 0.1) is 67.5 Å². The number of aliphatic hydroxyl groups excluding tert-OH is 4. The zero-order chi connectivity index (χ0) is 89.7. The molecule has 1 fully saturated rings. The third-order valence-electron chi connectivity index (χ3n) is 21.1. The van der Waals surface area contributed by atoms with Gasteiger partial charge in [0.1, 0.15) is 61.0 Å². The second kappa shape index (κ2) is 40.7. The summed E-state index contributed by atoms with van der Waals surface area (Å²) in [6, 6.07) is 1.99. The summed E-state index contributed by atoms with van der Waals surface area (Å²) in [4.78, 5) is 220. The SMILES string of the molecule is CC[C@H]1c2cc3[nH]c4c(c3C)C(=O)C(C(=O)OC)c4c3nc(cc4[nH]c(cc(n2)[C@@H]1C)c(C(C)=O)c4C)[C@@H](C)[C@@H]3CCC(=O)NC(CC(=O)NC1C(O)OC(CO)C(O)C1O)C(=O)NNC(=O)OCCSSC[C@H](NC(=O)[C@H](CC(=O)NCCS(=O)(=O)O)NC(=O)CC[C@H](NC(=O)c1ccc(NCc2cnc3nc(N)[nH]c(=O)c3n2)cc1)C(=O)O)C(=O)O. The maximum absolute atomic E-state index is 14.7. The number of hydrogen-bond acceptors (Lipinski definition) is 32. The highest BCUT2D eigenvalue weighted by Gasteiger charge is 2.48. The molecule has 4 aliphatic rings. The van der Waals surface area contributed by atoms with Crippen molar-refractivity contribution >= 4 is 153 Å². The number of rotatable bonds is 36. The zero-order valence-corrected chi connectivity index (χ0v) is 69.5. The van der Waals surface area contributed by atoms with E-state index in [-0.39, 0.29) is 81.4 Å². The molecular weight excluding hydrogens is 1680 g/mol. The number of methoxy groups -OCH3 is 1. The minimum Gasteiger partial charge on any atom is -0.480 e. The molecule has 47 heteroatoms. The smallest absolute Gasteiger partial charge is 0.426 e. The number of hydrogen-bond donors (Lipinski definition) is 20. The number of carbonyl (C=O) groups is 13. The number of esters is 1. The van der Waals surface area contributed by atoms with Crippen molar-refractivity contribution in [1.29, 1.82) is 0 Å². The van der Waals surface area contributed by atoms with Crippen LogP contribution in [0.5, 0.6) is 0 Å². The molecule has 5 aromatic heterocycles. The van der Waals surface area contributed by atoms with Crippen LogP contribution in [0.4, 0.5) is 16.4 Å². The van der Waals surface area contributed by atoms with E-state index < -0.39 is 223 Å². The van der Waals surface area contributed by atoms with Crippen LogP contribution in [0, 0.1) is 13.8 Å². The lowest BCUT2D eigenvalue weighted by Crippen LogP contribution is -2.64. The van der Waals surface area contributed by atoms with E-state index in [1.807, 2.05) is 36.8 Å². The Labute approximate surface area is 706 Å². The Balaban J connectivity index is 0.767. The van der Waals surface area contributed by atoms with Gasteiger partial charge in [-0.05, 0) is 93.6 Å². The summed E-state index contributed by atoms with van der Waals surface area (Å²) < 4.78 is 47.5. The first kappa shape index (κ1) is 93.2. The van der Waals surface area contributed by atoms with Crippen molar-refractivity contribution in [3.63, 3.8) is 0 Å². The monoisotopic (exact) mass is 1770 g/mol. The minimum atomic E-state index is -4.60. The Bertz CT molecular complexity index is 5500. The Kier molecular flexibility index (Phi) is 30.8. The van der Waals surface area contributed by atoms with Gasteiger partial charge in [0.15, 0.2) is 29.0 Å². The Hall–Kier alpha value is -12.1. The van der Waals surface area contributed by atoms with Gasteiger partial charge in [0.25, 0.3) is 27.5 Å². The van der Waals surface area contributed by atoms with Gasteiger partial charge >= 0.3 is 24.0 Å². The fourth-order valence-corrected chi connectivity index (χ4v) is 17.0. The van der Waals surface area contributed by atoms with Crippen LogP contribution in [-0.2, 0) is 74.0 Å². The van der Waals surface area contributed by atoms with Crippen molar-refractivity contribution in [2.45, 2.75) is 177 Å². The summed E-state index contributed by atoms with van der Waals surface area (Å²) in [5.41, 5.74) is 15.5. The van der Waals surface area contributed by atoms with Crippen LogP contribution in [0.2, 0.25) is 0 Å². The van der Waals surface area contributed by atoms with Crippen LogP contribution in [0.3, 0.4) is 0 Å². The summed E-state index contributed by atoms with van der Waals surface area (Å²) in [6.45, 7) is 8.89. The van der Waals surface area contributed by atoms with Gasteiger partial charge in [-0.25, -0.2) is 29.8 Å². The van der Waals surface area contributed by atoms with Gasteiger partial charge in [-0.1, -0.05) is 42.4 Å². The molecule has 8 bridgehead atoms. The van der Waals surface area contributed by atoms with Crippen LogP contribution in [0.25, 0.3) is 33.2 Å². The number of anilines is 2. The van der Waals surface area contributed by atoms with Crippen molar-refractivity contribution in [3.05, 3.63) is 121 Å². The second-order valence-electron chi connectivity index (χ2n) is 29.4. The number of fused-ring (bicyclic) bond motifs is 9. The van der Waals surface area contributed by atoms with Crippen molar-refractivity contribution in [2.24, 2.45) is 0 Å². The molecule has 0 spiro atoms. The molecule has 7 unspecified atom stereocenters. The molecule has 660 valence electrons. The number of nitrogens with zero attached hydrogens (tertiary/aromatic N) is 5. The lowest BCUT2D eigenvalue weighted by molar-refractivity contribution is -0.253. The summed E-state index contributed by atoms with van der Waals surface area (Å²) >= 11 is 0. The maximum atomic E-state index is 14.7. The van der Waals surface area contributed by atoms with E-state index in [2.05, 4.69) is 67.1 Å². The number of nitrogens with one attached hydrogen (secondary N) is 12. The number of aliphatic hydroxyl groups is 4. The third kappa shape index (κ3) is 22.8.